The number of ether oxygens (including phenoxy) is 1. The van der Waals surface area contributed by atoms with E-state index >= 15 is 0 Å². The largest absolute Gasteiger partial charge is 0.573 e. The number of nitriles is 1. The van der Waals surface area contributed by atoms with Crippen molar-refractivity contribution >= 4 is 15.9 Å². The fraction of sp³-hybridized carbons (Fsp3) is 0.400. The summed E-state index contributed by atoms with van der Waals surface area (Å²) in [6.45, 7) is 1.45. The highest BCUT2D eigenvalue weighted by molar-refractivity contribution is 9.08. The van der Waals surface area contributed by atoms with Crippen LogP contribution >= 0.6 is 15.9 Å². The number of aromatic nitrogens is 1. The van der Waals surface area contributed by atoms with Gasteiger partial charge in [0.15, 0.2) is 0 Å². The van der Waals surface area contributed by atoms with E-state index in [2.05, 4.69) is 25.7 Å². The molecule has 0 radical (unpaired) electrons. The summed E-state index contributed by atoms with van der Waals surface area (Å²) in [7, 11) is 0. The Morgan fingerprint density at radius 1 is 1.53 bits per heavy atom. The molecule has 0 amide bonds. The van der Waals surface area contributed by atoms with Gasteiger partial charge in [0.05, 0.1) is 18.2 Å². The Kier molecular flexibility index (Phi) is 4.34. The molecule has 0 atom stereocenters. The predicted molar refractivity (Wildman–Crippen MR) is 57.6 cm³/mol. The van der Waals surface area contributed by atoms with Gasteiger partial charge in [-0.2, -0.15) is 5.26 Å². The number of rotatable bonds is 3. The zero-order valence-electron chi connectivity index (χ0n) is 8.81. The highest BCUT2D eigenvalue weighted by Gasteiger charge is 2.33. The lowest BCUT2D eigenvalue weighted by atomic mass is 10.1. The van der Waals surface area contributed by atoms with Gasteiger partial charge < -0.3 is 4.74 Å². The van der Waals surface area contributed by atoms with Crippen LogP contribution in [0.2, 0.25) is 0 Å². The molecule has 3 nitrogen and oxygen atoms in total. The van der Waals surface area contributed by atoms with Gasteiger partial charge in [0.1, 0.15) is 5.75 Å². The topological polar surface area (TPSA) is 45.9 Å². The first-order valence-electron chi connectivity index (χ1n) is 4.55. The van der Waals surface area contributed by atoms with E-state index in [0.717, 1.165) is 0 Å². The molecule has 7 heteroatoms. The Hall–Kier alpha value is -1.29. The summed E-state index contributed by atoms with van der Waals surface area (Å²) >= 11 is 3.06. The normalized spacial score (nSPS) is 11.1. The fourth-order valence-electron chi connectivity index (χ4n) is 1.29. The minimum atomic E-state index is -4.76. The molecule has 1 heterocycles. The maximum Gasteiger partial charge on any atom is 0.573 e. The average molecular weight is 309 g/mol. The molecule has 0 aliphatic heterocycles. The molecular weight excluding hydrogens is 301 g/mol. The molecule has 1 rings (SSSR count). The lowest BCUT2D eigenvalue weighted by Gasteiger charge is -2.15. The van der Waals surface area contributed by atoms with Gasteiger partial charge in [-0.1, -0.05) is 15.9 Å². The van der Waals surface area contributed by atoms with Crippen molar-refractivity contribution in [2.75, 3.05) is 0 Å². The van der Waals surface area contributed by atoms with Crippen molar-refractivity contribution in [3.05, 3.63) is 23.0 Å². The van der Waals surface area contributed by atoms with E-state index in [4.69, 9.17) is 5.26 Å². The molecule has 0 fully saturated rings. The van der Waals surface area contributed by atoms with Crippen LogP contribution in [0.4, 0.5) is 13.2 Å². The SMILES string of the molecule is Cc1c(CC#N)ncc(CBr)c1OC(F)(F)F. The summed E-state index contributed by atoms with van der Waals surface area (Å²) in [5.74, 6) is -0.283. The number of hydrogen-bond donors (Lipinski definition) is 0. The third kappa shape index (κ3) is 3.60. The Bertz CT molecular complexity index is 454. The van der Waals surface area contributed by atoms with Gasteiger partial charge in [-0.15, -0.1) is 13.2 Å². The van der Waals surface area contributed by atoms with Gasteiger partial charge in [-0.05, 0) is 6.92 Å². The van der Waals surface area contributed by atoms with E-state index in [1.165, 1.54) is 13.1 Å². The highest BCUT2D eigenvalue weighted by atomic mass is 79.9. The molecule has 0 unspecified atom stereocenters. The van der Waals surface area contributed by atoms with E-state index in [9.17, 15) is 13.2 Å². The van der Waals surface area contributed by atoms with E-state index in [0.29, 0.717) is 5.56 Å². The van der Waals surface area contributed by atoms with Gasteiger partial charge in [0.2, 0.25) is 0 Å². The first-order chi connectivity index (χ1) is 7.89. The van der Waals surface area contributed by atoms with E-state index in [-0.39, 0.29) is 28.8 Å². The van der Waals surface area contributed by atoms with Crippen LogP contribution in [0.3, 0.4) is 0 Å². The van der Waals surface area contributed by atoms with Gasteiger partial charge >= 0.3 is 6.36 Å². The first-order valence-corrected chi connectivity index (χ1v) is 5.67. The second-order valence-corrected chi connectivity index (χ2v) is 3.76. The van der Waals surface area contributed by atoms with Crippen LogP contribution in [0.5, 0.6) is 5.75 Å². The van der Waals surface area contributed by atoms with Crippen LogP contribution in [0, 0.1) is 18.3 Å². The van der Waals surface area contributed by atoms with Crippen molar-refractivity contribution in [1.29, 1.82) is 5.26 Å². The molecule has 0 aliphatic carbocycles. The molecule has 0 aromatic carbocycles. The molecule has 1 aromatic rings. The molecule has 0 N–H and O–H groups in total. The van der Waals surface area contributed by atoms with Crippen LogP contribution in [0.15, 0.2) is 6.20 Å². The molecule has 0 bridgehead atoms. The molecular formula is C10H8BrF3N2O. The third-order valence-corrected chi connectivity index (χ3v) is 2.65. The quantitative estimate of drug-likeness (QED) is 0.805. The first kappa shape index (κ1) is 13.8. The zero-order valence-corrected chi connectivity index (χ0v) is 10.4. The molecule has 0 spiro atoms. The molecule has 1 aromatic heterocycles. The van der Waals surface area contributed by atoms with Crippen molar-refractivity contribution in [2.24, 2.45) is 0 Å². The number of hydrogen-bond acceptors (Lipinski definition) is 3. The third-order valence-electron chi connectivity index (χ3n) is 2.05. The Labute approximate surface area is 104 Å². The van der Waals surface area contributed by atoms with E-state index < -0.39 is 6.36 Å². The monoisotopic (exact) mass is 308 g/mol. The minimum Gasteiger partial charge on any atom is -0.405 e. The number of pyridine rings is 1. The van der Waals surface area contributed by atoms with Crippen molar-refractivity contribution in [3.8, 4) is 11.8 Å². The molecule has 0 saturated heterocycles. The number of alkyl halides is 4. The fourth-order valence-corrected chi connectivity index (χ4v) is 1.69. The number of nitrogens with zero attached hydrogens (tertiary/aromatic N) is 2. The summed E-state index contributed by atoms with van der Waals surface area (Å²) in [5.41, 5.74) is 0.818. The molecule has 0 saturated carbocycles. The van der Waals surface area contributed by atoms with Crippen LogP contribution < -0.4 is 4.74 Å². The summed E-state index contributed by atoms with van der Waals surface area (Å²) in [4.78, 5) is 3.93. The lowest BCUT2D eigenvalue weighted by Crippen LogP contribution is -2.19. The Morgan fingerprint density at radius 2 is 2.18 bits per heavy atom. The second kappa shape index (κ2) is 5.36. The van der Waals surface area contributed by atoms with Gasteiger partial charge in [0, 0.05) is 22.7 Å². The minimum absolute atomic E-state index is 0.0530. The van der Waals surface area contributed by atoms with Crippen molar-refractivity contribution < 1.29 is 17.9 Å². The maximum atomic E-state index is 12.2. The van der Waals surface area contributed by atoms with Crippen molar-refractivity contribution in [1.82, 2.24) is 4.98 Å². The highest BCUT2D eigenvalue weighted by Crippen LogP contribution is 2.32. The van der Waals surface area contributed by atoms with Gasteiger partial charge in [0.25, 0.3) is 0 Å². The smallest absolute Gasteiger partial charge is 0.405 e. The average Bonchev–Trinajstić information content (AvgIpc) is 2.23. The lowest BCUT2D eigenvalue weighted by molar-refractivity contribution is -0.275. The number of halogens is 4. The van der Waals surface area contributed by atoms with Gasteiger partial charge in [-0.3, -0.25) is 4.98 Å². The Morgan fingerprint density at radius 3 is 2.65 bits per heavy atom. The van der Waals surface area contributed by atoms with Crippen LogP contribution in [-0.2, 0) is 11.8 Å². The van der Waals surface area contributed by atoms with E-state index in [1.54, 1.807) is 0 Å². The molecule has 17 heavy (non-hydrogen) atoms. The Balaban J connectivity index is 3.23. The maximum absolute atomic E-state index is 12.2. The second-order valence-electron chi connectivity index (χ2n) is 3.20. The van der Waals surface area contributed by atoms with Crippen LogP contribution in [0.1, 0.15) is 16.8 Å². The zero-order chi connectivity index (χ0) is 13.1. The predicted octanol–water partition coefficient (Wildman–Crippen LogP) is 3.25. The molecule has 0 aliphatic rings. The van der Waals surface area contributed by atoms with E-state index in [1.807, 2.05) is 6.07 Å². The molecule has 92 valence electrons. The van der Waals surface area contributed by atoms with Gasteiger partial charge in [-0.25, -0.2) is 0 Å². The van der Waals surface area contributed by atoms with Crippen LogP contribution in [0.25, 0.3) is 0 Å². The summed E-state index contributed by atoms with van der Waals surface area (Å²) in [5, 5.41) is 8.73. The summed E-state index contributed by atoms with van der Waals surface area (Å²) in [6.07, 6.45) is -3.54. The standard InChI is InChI=1S/C10H8BrF3N2O/c1-6-8(2-3-15)16-5-7(4-11)9(6)17-10(12,13)14/h5H,2,4H2,1H3. The summed E-state index contributed by atoms with van der Waals surface area (Å²) < 4.78 is 40.7. The van der Waals surface area contributed by atoms with Crippen LogP contribution in [-0.4, -0.2) is 11.3 Å². The van der Waals surface area contributed by atoms with Crippen molar-refractivity contribution in [2.45, 2.75) is 25.0 Å². The summed E-state index contributed by atoms with van der Waals surface area (Å²) in [6, 6.07) is 1.84. The van der Waals surface area contributed by atoms with Crippen molar-refractivity contribution in [3.63, 3.8) is 0 Å².